The Morgan fingerprint density at radius 2 is 1.89 bits per heavy atom. The van der Waals surface area contributed by atoms with Crippen molar-refractivity contribution >= 4 is 11.9 Å². The SMILES string of the molecule is CCNC(=NCC(C)(C)C(=O)NC)NC1CCN(C(C)c2ccccc2)CC1. The van der Waals surface area contributed by atoms with Gasteiger partial charge in [-0.05, 0) is 46.1 Å². The van der Waals surface area contributed by atoms with Crippen molar-refractivity contribution in [3.05, 3.63) is 35.9 Å². The van der Waals surface area contributed by atoms with Crippen LogP contribution in [0.1, 0.15) is 52.1 Å². The average Bonchev–Trinajstić information content (AvgIpc) is 2.72. The van der Waals surface area contributed by atoms with Crippen LogP contribution in [0.3, 0.4) is 0 Å². The summed E-state index contributed by atoms with van der Waals surface area (Å²) in [6.45, 7) is 11.6. The van der Waals surface area contributed by atoms with Crippen molar-refractivity contribution in [2.45, 2.75) is 52.6 Å². The monoisotopic (exact) mass is 387 g/mol. The second-order valence-electron chi connectivity index (χ2n) is 8.20. The quantitative estimate of drug-likeness (QED) is 0.497. The number of amides is 1. The molecule has 1 atom stereocenters. The van der Waals surface area contributed by atoms with E-state index in [0.29, 0.717) is 18.6 Å². The van der Waals surface area contributed by atoms with Crippen molar-refractivity contribution < 1.29 is 4.79 Å². The van der Waals surface area contributed by atoms with Crippen molar-refractivity contribution in [3.63, 3.8) is 0 Å². The number of carbonyl (C=O) groups is 1. The highest BCUT2D eigenvalue weighted by atomic mass is 16.2. The Balaban J connectivity index is 1.89. The maximum atomic E-state index is 12.0. The Kier molecular flexibility index (Phi) is 8.30. The fourth-order valence-electron chi connectivity index (χ4n) is 3.57. The number of hydrogen-bond acceptors (Lipinski definition) is 3. The zero-order valence-electron chi connectivity index (χ0n) is 18.1. The number of hydrogen-bond donors (Lipinski definition) is 3. The molecule has 1 aliphatic rings. The van der Waals surface area contributed by atoms with Gasteiger partial charge in [0.15, 0.2) is 5.96 Å². The van der Waals surface area contributed by atoms with Crippen molar-refractivity contribution in [3.8, 4) is 0 Å². The molecule has 1 aromatic carbocycles. The molecule has 28 heavy (non-hydrogen) atoms. The van der Waals surface area contributed by atoms with E-state index in [2.05, 4.69) is 70.0 Å². The minimum atomic E-state index is -0.522. The molecule has 1 heterocycles. The first-order valence-electron chi connectivity index (χ1n) is 10.4. The van der Waals surface area contributed by atoms with Gasteiger partial charge in [-0.2, -0.15) is 0 Å². The molecule has 0 aliphatic carbocycles. The summed E-state index contributed by atoms with van der Waals surface area (Å²) < 4.78 is 0. The molecule has 6 heteroatoms. The lowest BCUT2D eigenvalue weighted by molar-refractivity contribution is -0.128. The molecule has 1 aromatic rings. The molecule has 0 aromatic heterocycles. The molecule has 1 aliphatic heterocycles. The average molecular weight is 388 g/mol. The van der Waals surface area contributed by atoms with Crippen molar-refractivity contribution in [2.75, 3.05) is 33.2 Å². The van der Waals surface area contributed by atoms with Crippen LogP contribution in [-0.4, -0.2) is 56.0 Å². The number of piperidine rings is 1. The third kappa shape index (κ3) is 6.23. The molecule has 1 saturated heterocycles. The van der Waals surface area contributed by atoms with Gasteiger partial charge in [-0.1, -0.05) is 30.3 Å². The summed E-state index contributed by atoms with van der Waals surface area (Å²) in [6.07, 6.45) is 2.17. The van der Waals surface area contributed by atoms with Gasteiger partial charge in [0.05, 0.1) is 12.0 Å². The summed E-state index contributed by atoms with van der Waals surface area (Å²) in [5, 5.41) is 9.60. The minimum Gasteiger partial charge on any atom is -0.359 e. The van der Waals surface area contributed by atoms with Crippen LogP contribution in [-0.2, 0) is 4.79 Å². The third-order valence-electron chi connectivity index (χ3n) is 5.52. The fourth-order valence-corrected chi connectivity index (χ4v) is 3.57. The second-order valence-corrected chi connectivity index (χ2v) is 8.20. The van der Waals surface area contributed by atoms with Crippen LogP contribution in [0.5, 0.6) is 0 Å². The van der Waals surface area contributed by atoms with Crippen molar-refractivity contribution in [2.24, 2.45) is 10.4 Å². The molecule has 1 fully saturated rings. The number of aliphatic imine (C=N–C) groups is 1. The largest absolute Gasteiger partial charge is 0.359 e. The van der Waals surface area contributed by atoms with Gasteiger partial charge < -0.3 is 16.0 Å². The van der Waals surface area contributed by atoms with Gasteiger partial charge in [-0.15, -0.1) is 0 Å². The number of rotatable bonds is 7. The van der Waals surface area contributed by atoms with Crippen LogP contribution in [0.2, 0.25) is 0 Å². The lowest BCUT2D eigenvalue weighted by Gasteiger charge is -2.37. The second kappa shape index (κ2) is 10.5. The molecule has 156 valence electrons. The van der Waals surface area contributed by atoms with Gasteiger partial charge in [0.25, 0.3) is 0 Å². The van der Waals surface area contributed by atoms with E-state index in [4.69, 9.17) is 0 Å². The molecule has 1 unspecified atom stereocenters. The van der Waals surface area contributed by atoms with Crippen molar-refractivity contribution in [1.29, 1.82) is 0 Å². The maximum absolute atomic E-state index is 12.0. The fraction of sp³-hybridized carbons (Fsp3) is 0.636. The van der Waals surface area contributed by atoms with E-state index in [1.807, 2.05) is 13.8 Å². The first-order chi connectivity index (χ1) is 13.4. The lowest BCUT2D eigenvalue weighted by Crippen LogP contribution is -2.49. The van der Waals surface area contributed by atoms with Crippen molar-refractivity contribution in [1.82, 2.24) is 20.9 Å². The zero-order chi connectivity index (χ0) is 20.6. The zero-order valence-corrected chi connectivity index (χ0v) is 18.1. The summed E-state index contributed by atoms with van der Waals surface area (Å²) >= 11 is 0. The predicted molar refractivity (Wildman–Crippen MR) is 116 cm³/mol. The van der Waals surface area contributed by atoms with Gasteiger partial charge in [0, 0.05) is 38.8 Å². The summed E-state index contributed by atoms with van der Waals surface area (Å²) in [5.74, 6) is 0.810. The highest BCUT2D eigenvalue weighted by Crippen LogP contribution is 2.24. The van der Waals surface area contributed by atoms with Gasteiger partial charge >= 0.3 is 0 Å². The van der Waals surface area contributed by atoms with E-state index in [0.717, 1.165) is 38.4 Å². The number of benzene rings is 1. The van der Waals surface area contributed by atoms with Gasteiger partial charge in [-0.3, -0.25) is 14.7 Å². The number of likely N-dealkylation sites (tertiary alicyclic amines) is 1. The highest BCUT2D eigenvalue weighted by Gasteiger charge is 2.27. The van der Waals surface area contributed by atoms with E-state index >= 15 is 0 Å². The Labute approximate surface area is 170 Å². The van der Waals surface area contributed by atoms with E-state index in [1.54, 1.807) is 7.05 Å². The molecule has 1 amide bonds. The Morgan fingerprint density at radius 3 is 2.46 bits per heavy atom. The normalized spacial score (nSPS) is 17.8. The van der Waals surface area contributed by atoms with E-state index in [1.165, 1.54) is 5.56 Å². The minimum absolute atomic E-state index is 0.00954. The van der Waals surface area contributed by atoms with E-state index < -0.39 is 5.41 Å². The van der Waals surface area contributed by atoms with Gasteiger partial charge in [0.2, 0.25) is 5.91 Å². The topological polar surface area (TPSA) is 68.8 Å². The number of carbonyl (C=O) groups excluding carboxylic acids is 1. The first-order valence-corrected chi connectivity index (χ1v) is 10.4. The Morgan fingerprint density at radius 1 is 1.25 bits per heavy atom. The van der Waals surface area contributed by atoms with Crippen LogP contribution in [0.25, 0.3) is 0 Å². The maximum Gasteiger partial charge on any atom is 0.227 e. The van der Waals surface area contributed by atoms with E-state index in [-0.39, 0.29) is 5.91 Å². The van der Waals surface area contributed by atoms with Crippen LogP contribution in [0, 0.1) is 5.41 Å². The molecule has 0 radical (unpaired) electrons. The summed E-state index contributed by atoms with van der Waals surface area (Å²) in [7, 11) is 1.67. The lowest BCUT2D eigenvalue weighted by atomic mass is 9.93. The van der Waals surface area contributed by atoms with Crippen LogP contribution < -0.4 is 16.0 Å². The molecule has 6 nitrogen and oxygen atoms in total. The summed E-state index contributed by atoms with van der Waals surface area (Å²) in [5.41, 5.74) is 0.853. The number of nitrogens with one attached hydrogen (secondary N) is 3. The molecule has 0 bridgehead atoms. The number of nitrogens with zero attached hydrogens (tertiary/aromatic N) is 2. The first kappa shape index (κ1) is 22.2. The number of guanidine groups is 1. The molecule has 3 N–H and O–H groups in total. The molecule has 0 spiro atoms. The van der Waals surface area contributed by atoms with E-state index in [9.17, 15) is 4.79 Å². The summed E-state index contributed by atoms with van der Waals surface area (Å²) in [6, 6.07) is 11.6. The van der Waals surface area contributed by atoms with Crippen LogP contribution >= 0.6 is 0 Å². The molecule has 2 rings (SSSR count). The Bertz CT molecular complexity index is 636. The highest BCUT2D eigenvalue weighted by molar-refractivity contribution is 5.83. The Hall–Kier alpha value is -2.08. The summed E-state index contributed by atoms with van der Waals surface area (Å²) in [4.78, 5) is 19.2. The van der Waals surface area contributed by atoms with Crippen LogP contribution in [0.15, 0.2) is 35.3 Å². The standard InChI is InChI=1S/C22H37N5O/c1-6-24-21(25-16-22(3,4)20(28)23-5)26-19-12-14-27(15-13-19)17(2)18-10-8-7-9-11-18/h7-11,17,19H,6,12-16H2,1-5H3,(H,23,28)(H2,24,25,26). The molecular weight excluding hydrogens is 350 g/mol. The third-order valence-corrected chi connectivity index (χ3v) is 5.52. The molecular formula is C22H37N5O. The molecule has 0 saturated carbocycles. The predicted octanol–water partition coefficient (Wildman–Crippen LogP) is 2.54. The van der Waals surface area contributed by atoms with Gasteiger partial charge in [-0.25, -0.2) is 0 Å². The van der Waals surface area contributed by atoms with Gasteiger partial charge in [0.1, 0.15) is 0 Å². The van der Waals surface area contributed by atoms with Crippen LogP contribution in [0.4, 0.5) is 0 Å². The smallest absolute Gasteiger partial charge is 0.227 e.